The zero-order valence-electron chi connectivity index (χ0n) is 13.1. The van der Waals surface area contributed by atoms with Gasteiger partial charge < -0.3 is 9.47 Å². The smallest absolute Gasteiger partial charge is 0.330 e. The number of hydrogen-bond donors (Lipinski definition) is 1. The molecule has 2 atom stereocenters. The van der Waals surface area contributed by atoms with Gasteiger partial charge in [0, 0.05) is 13.2 Å². The normalized spacial score (nSPS) is 21.0. The van der Waals surface area contributed by atoms with E-state index in [1.165, 1.54) is 12.7 Å². The lowest BCUT2D eigenvalue weighted by Crippen LogP contribution is -2.49. The summed E-state index contributed by atoms with van der Waals surface area (Å²) in [4.78, 5) is 12.3. The molecule has 0 aromatic heterocycles. The second-order valence-corrected chi connectivity index (χ2v) is 5.68. The maximum Gasteiger partial charge on any atom is 0.330 e. The van der Waals surface area contributed by atoms with Gasteiger partial charge in [-0.05, 0) is 37.3 Å². The number of esters is 1. The molecule has 4 nitrogen and oxygen atoms in total. The molecule has 1 aliphatic rings. The first-order valence-corrected chi connectivity index (χ1v) is 7.64. The second kappa shape index (κ2) is 7.05. The maximum absolute atomic E-state index is 12.3. The van der Waals surface area contributed by atoms with Crippen molar-refractivity contribution in [2.45, 2.75) is 44.8 Å². The molecule has 21 heavy (non-hydrogen) atoms. The van der Waals surface area contributed by atoms with Gasteiger partial charge in [-0.3, -0.25) is 5.32 Å². The van der Waals surface area contributed by atoms with E-state index in [1.54, 1.807) is 0 Å². The largest absolute Gasteiger partial charge is 0.467 e. The van der Waals surface area contributed by atoms with Gasteiger partial charge in [0.2, 0.25) is 0 Å². The highest BCUT2D eigenvalue weighted by Gasteiger charge is 2.36. The number of carbonyl (C=O) groups is 1. The van der Waals surface area contributed by atoms with Gasteiger partial charge in [-0.25, -0.2) is 4.79 Å². The van der Waals surface area contributed by atoms with Crippen LogP contribution in [0.3, 0.4) is 0 Å². The first kappa shape index (κ1) is 16.0. The van der Waals surface area contributed by atoms with Crippen LogP contribution in [0.1, 0.15) is 37.8 Å². The molecule has 1 aliphatic heterocycles. The third-order valence-electron chi connectivity index (χ3n) is 4.24. The van der Waals surface area contributed by atoms with Gasteiger partial charge in [-0.1, -0.05) is 31.2 Å². The van der Waals surface area contributed by atoms with Crippen LogP contribution in [0.25, 0.3) is 0 Å². The van der Waals surface area contributed by atoms with Gasteiger partial charge in [0.05, 0.1) is 13.2 Å². The molecule has 1 fully saturated rings. The molecule has 4 heteroatoms. The van der Waals surface area contributed by atoms with Crippen molar-refractivity contribution in [3.63, 3.8) is 0 Å². The van der Waals surface area contributed by atoms with E-state index >= 15 is 0 Å². The van der Waals surface area contributed by atoms with Crippen molar-refractivity contribution in [2.75, 3.05) is 20.3 Å². The van der Waals surface area contributed by atoms with E-state index < -0.39 is 5.54 Å². The molecule has 0 radical (unpaired) electrons. The summed E-state index contributed by atoms with van der Waals surface area (Å²) in [5.41, 5.74) is 1.34. The van der Waals surface area contributed by atoms with Gasteiger partial charge in [-0.15, -0.1) is 0 Å². The van der Waals surface area contributed by atoms with Gasteiger partial charge in [0.1, 0.15) is 5.54 Å². The lowest BCUT2D eigenvalue weighted by molar-refractivity contribution is -0.148. The molecule has 116 valence electrons. The number of hydrogen-bond acceptors (Lipinski definition) is 4. The zero-order chi connectivity index (χ0) is 15.3. The van der Waals surface area contributed by atoms with Crippen molar-refractivity contribution in [3.8, 4) is 0 Å². The average molecular weight is 291 g/mol. The summed E-state index contributed by atoms with van der Waals surface area (Å²) in [6.45, 7) is 5.45. The van der Waals surface area contributed by atoms with Crippen LogP contribution in [0.4, 0.5) is 0 Å². The van der Waals surface area contributed by atoms with Crippen LogP contribution >= 0.6 is 0 Å². The number of methoxy groups -OCH3 is 1. The molecule has 0 spiro atoms. The molecule has 1 aromatic rings. The van der Waals surface area contributed by atoms with Crippen molar-refractivity contribution in [1.82, 2.24) is 5.32 Å². The molecule has 1 N–H and O–H groups in total. The monoisotopic (exact) mass is 291 g/mol. The first-order valence-electron chi connectivity index (χ1n) is 7.64. The summed E-state index contributed by atoms with van der Waals surface area (Å²) in [6, 6.07) is 8.12. The molecule has 2 unspecified atom stereocenters. The average Bonchev–Trinajstić information content (AvgIpc) is 3.05. The van der Waals surface area contributed by atoms with E-state index in [0.717, 1.165) is 31.4 Å². The Hall–Kier alpha value is -1.39. The van der Waals surface area contributed by atoms with Crippen LogP contribution < -0.4 is 5.32 Å². The highest BCUT2D eigenvalue weighted by atomic mass is 16.5. The van der Waals surface area contributed by atoms with Crippen molar-refractivity contribution in [3.05, 3.63) is 35.4 Å². The van der Waals surface area contributed by atoms with E-state index in [4.69, 9.17) is 9.47 Å². The van der Waals surface area contributed by atoms with E-state index in [2.05, 4.69) is 24.4 Å². The van der Waals surface area contributed by atoms with E-state index in [0.29, 0.717) is 6.54 Å². The zero-order valence-corrected chi connectivity index (χ0v) is 13.1. The summed E-state index contributed by atoms with van der Waals surface area (Å²) in [5.74, 6) is -0.273. The number of rotatable bonds is 6. The summed E-state index contributed by atoms with van der Waals surface area (Å²) in [6.07, 6.45) is 3.30. The Balaban J connectivity index is 2.16. The van der Waals surface area contributed by atoms with E-state index in [-0.39, 0.29) is 12.1 Å². The SMILES string of the molecule is CCc1ccc(C(C)(NCC2CCCO2)C(=O)OC)cc1. The summed E-state index contributed by atoms with van der Waals surface area (Å²) in [5, 5.41) is 3.34. The molecule has 2 rings (SSSR count). The van der Waals surface area contributed by atoms with Crippen molar-refractivity contribution >= 4 is 5.97 Å². The Bertz CT molecular complexity index is 465. The minimum atomic E-state index is -0.840. The van der Waals surface area contributed by atoms with Crippen molar-refractivity contribution in [1.29, 1.82) is 0 Å². The van der Waals surface area contributed by atoms with Crippen molar-refractivity contribution in [2.24, 2.45) is 0 Å². The minimum Gasteiger partial charge on any atom is -0.467 e. The number of ether oxygens (including phenoxy) is 2. The Morgan fingerprint density at radius 3 is 2.67 bits per heavy atom. The Morgan fingerprint density at radius 1 is 1.43 bits per heavy atom. The van der Waals surface area contributed by atoms with Gasteiger partial charge in [-0.2, -0.15) is 0 Å². The van der Waals surface area contributed by atoms with Crippen LogP contribution in [0.15, 0.2) is 24.3 Å². The lowest BCUT2D eigenvalue weighted by Gasteiger charge is -2.30. The third-order valence-corrected chi connectivity index (χ3v) is 4.24. The standard InChI is InChI=1S/C17H25NO3/c1-4-13-7-9-14(10-8-13)17(2,16(19)20-3)18-12-15-6-5-11-21-15/h7-10,15,18H,4-6,11-12H2,1-3H3. The molecule has 0 bridgehead atoms. The quantitative estimate of drug-likeness (QED) is 0.818. The molecular weight excluding hydrogens is 266 g/mol. The first-order chi connectivity index (χ1) is 10.1. The Morgan fingerprint density at radius 2 is 2.14 bits per heavy atom. The topological polar surface area (TPSA) is 47.6 Å². The van der Waals surface area contributed by atoms with E-state index in [9.17, 15) is 4.79 Å². The predicted molar refractivity (Wildman–Crippen MR) is 82.2 cm³/mol. The third kappa shape index (κ3) is 3.63. The molecule has 0 amide bonds. The highest BCUT2D eigenvalue weighted by Crippen LogP contribution is 2.24. The van der Waals surface area contributed by atoms with Crippen LogP contribution in [0.2, 0.25) is 0 Å². The lowest BCUT2D eigenvalue weighted by atomic mass is 9.90. The fourth-order valence-corrected chi connectivity index (χ4v) is 2.69. The number of nitrogens with one attached hydrogen (secondary N) is 1. The van der Waals surface area contributed by atoms with Crippen LogP contribution in [0.5, 0.6) is 0 Å². The Labute approximate surface area is 126 Å². The fraction of sp³-hybridized carbons (Fsp3) is 0.588. The summed E-state index contributed by atoms with van der Waals surface area (Å²) >= 11 is 0. The Kier molecular flexibility index (Phi) is 5.37. The minimum absolute atomic E-state index is 0.184. The van der Waals surface area contributed by atoms with Gasteiger partial charge in [0.15, 0.2) is 0 Å². The fourth-order valence-electron chi connectivity index (χ4n) is 2.69. The van der Waals surface area contributed by atoms with Crippen LogP contribution in [-0.4, -0.2) is 32.3 Å². The molecule has 0 aliphatic carbocycles. The second-order valence-electron chi connectivity index (χ2n) is 5.68. The van der Waals surface area contributed by atoms with Crippen LogP contribution in [0, 0.1) is 0 Å². The molecular formula is C17H25NO3. The van der Waals surface area contributed by atoms with Gasteiger partial charge >= 0.3 is 5.97 Å². The summed E-state index contributed by atoms with van der Waals surface area (Å²) in [7, 11) is 1.43. The molecule has 1 aromatic carbocycles. The van der Waals surface area contributed by atoms with Crippen LogP contribution in [-0.2, 0) is 26.2 Å². The summed E-state index contributed by atoms with van der Waals surface area (Å²) < 4.78 is 10.6. The maximum atomic E-state index is 12.3. The number of carbonyl (C=O) groups excluding carboxylic acids is 1. The van der Waals surface area contributed by atoms with E-state index in [1.807, 2.05) is 19.1 Å². The molecule has 1 saturated heterocycles. The molecule has 0 saturated carbocycles. The highest BCUT2D eigenvalue weighted by molar-refractivity contribution is 5.82. The van der Waals surface area contributed by atoms with Gasteiger partial charge in [0.25, 0.3) is 0 Å². The number of benzene rings is 1. The molecule has 1 heterocycles. The number of aryl methyl sites for hydroxylation is 1. The predicted octanol–water partition coefficient (Wildman–Crippen LogP) is 2.41. The van der Waals surface area contributed by atoms with Crippen molar-refractivity contribution < 1.29 is 14.3 Å².